The summed E-state index contributed by atoms with van der Waals surface area (Å²) in [6.45, 7) is 1.88. The average molecular weight is 318 g/mol. The van der Waals surface area contributed by atoms with Crippen molar-refractivity contribution in [1.29, 1.82) is 0 Å². The Balaban J connectivity index is 1.73. The van der Waals surface area contributed by atoms with Gasteiger partial charge in [-0.15, -0.1) is 0 Å². The van der Waals surface area contributed by atoms with Gasteiger partial charge in [-0.1, -0.05) is 35.5 Å². The number of fused-ring (bicyclic) bond motifs is 1. The number of oxazole rings is 1. The minimum Gasteiger partial charge on any atom is -0.431 e. The van der Waals surface area contributed by atoms with Crippen LogP contribution in [0.3, 0.4) is 0 Å². The van der Waals surface area contributed by atoms with E-state index in [9.17, 15) is 4.79 Å². The lowest BCUT2D eigenvalue weighted by atomic mass is 10.1. The van der Waals surface area contributed by atoms with E-state index in [1.807, 2.05) is 31.2 Å². The largest absolute Gasteiger partial charge is 0.431 e. The lowest BCUT2D eigenvalue weighted by Gasteiger charge is -2.04. The Morgan fingerprint density at radius 2 is 2.10 bits per heavy atom. The Bertz CT molecular complexity index is 780. The molecule has 5 heteroatoms. The second-order valence-electron chi connectivity index (χ2n) is 4.62. The third-order valence-corrected chi connectivity index (χ3v) is 4.15. The Hall–Kier alpha value is -1.78. The molecule has 0 atom stereocenters. The van der Waals surface area contributed by atoms with Gasteiger partial charge in [-0.25, -0.2) is 4.98 Å². The molecule has 3 aromatic rings. The van der Waals surface area contributed by atoms with E-state index in [-0.39, 0.29) is 11.5 Å². The van der Waals surface area contributed by atoms with E-state index in [4.69, 9.17) is 16.0 Å². The molecule has 0 radical (unpaired) electrons. The van der Waals surface area contributed by atoms with E-state index in [1.165, 1.54) is 11.8 Å². The van der Waals surface area contributed by atoms with Crippen molar-refractivity contribution in [2.75, 3.05) is 5.75 Å². The van der Waals surface area contributed by atoms with Gasteiger partial charge in [-0.05, 0) is 42.8 Å². The van der Waals surface area contributed by atoms with Gasteiger partial charge in [0.15, 0.2) is 11.4 Å². The normalized spacial score (nSPS) is 11.0. The number of aromatic nitrogens is 1. The van der Waals surface area contributed by atoms with Gasteiger partial charge in [-0.2, -0.15) is 0 Å². The van der Waals surface area contributed by atoms with Crippen LogP contribution in [-0.4, -0.2) is 16.5 Å². The van der Waals surface area contributed by atoms with Crippen molar-refractivity contribution in [3.63, 3.8) is 0 Å². The molecule has 0 fully saturated rings. The molecule has 0 aliphatic heterocycles. The smallest absolute Gasteiger partial charge is 0.257 e. The fraction of sp³-hybridized carbons (Fsp3) is 0.125. The molecule has 1 heterocycles. The van der Waals surface area contributed by atoms with Gasteiger partial charge >= 0.3 is 0 Å². The molecule has 3 nitrogen and oxygen atoms in total. The van der Waals surface area contributed by atoms with Crippen LogP contribution in [0.15, 0.2) is 52.1 Å². The first-order chi connectivity index (χ1) is 10.1. The summed E-state index contributed by atoms with van der Waals surface area (Å²) in [5.41, 5.74) is 3.10. The number of thioether (sulfide) groups is 1. The van der Waals surface area contributed by atoms with Crippen LogP contribution < -0.4 is 0 Å². The molecule has 106 valence electrons. The second kappa shape index (κ2) is 5.92. The number of ketones is 1. The molecule has 21 heavy (non-hydrogen) atoms. The fourth-order valence-electron chi connectivity index (χ4n) is 2.06. The van der Waals surface area contributed by atoms with Crippen molar-refractivity contribution in [1.82, 2.24) is 4.98 Å². The van der Waals surface area contributed by atoms with Crippen molar-refractivity contribution >= 4 is 40.2 Å². The lowest BCUT2D eigenvalue weighted by Crippen LogP contribution is -2.04. The SMILES string of the molecule is Cc1cc(Cl)ccc1C(=O)CSc1nc2ccccc2o1. The van der Waals surface area contributed by atoms with Crippen molar-refractivity contribution in [2.45, 2.75) is 12.1 Å². The number of nitrogens with zero attached hydrogens (tertiary/aromatic N) is 1. The predicted molar refractivity (Wildman–Crippen MR) is 85.3 cm³/mol. The highest BCUT2D eigenvalue weighted by atomic mass is 35.5. The van der Waals surface area contributed by atoms with E-state index in [2.05, 4.69) is 4.98 Å². The summed E-state index contributed by atoms with van der Waals surface area (Å²) in [7, 11) is 0. The van der Waals surface area contributed by atoms with Crippen LogP contribution in [0.4, 0.5) is 0 Å². The van der Waals surface area contributed by atoms with Crippen LogP contribution in [0.1, 0.15) is 15.9 Å². The zero-order valence-corrected chi connectivity index (χ0v) is 12.9. The third kappa shape index (κ3) is 3.12. The zero-order valence-electron chi connectivity index (χ0n) is 11.3. The summed E-state index contributed by atoms with van der Waals surface area (Å²) in [5.74, 6) is 0.325. The molecule has 0 aliphatic rings. The van der Waals surface area contributed by atoms with Gasteiger partial charge in [-0.3, -0.25) is 4.79 Å². The molecule has 0 spiro atoms. The van der Waals surface area contributed by atoms with Crippen molar-refractivity contribution in [3.05, 3.63) is 58.6 Å². The monoisotopic (exact) mass is 317 g/mol. The third-order valence-electron chi connectivity index (χ3n) is 3.09. The molecule has 2 aromatic carbocycles. The van der Waals surface area contributed by atoms with Crippen molar-refractivity contribution < 1.29 is 9.21 Å². The lowest BCUT2D eigenvalue weighted by molar-refractivity contribution is 0.102. The van der Waals surface area contributed by atoms with E-state index in [0.29, 0.717) is 15.8 Å². The molecular formula is C16H12ClNO2S. The number of para-hydroxylation sites is 2. The summed E-state index contributed by atoms with van der Waals surface area (Å²) >= 11 is 7.20. The molecule has 0 amide bonds. The highest BCUT2D eigenvalue weighted by molar-refractivity contribution is 7.99. The standard InChI is InChI=1S/C16H12ClNO2S/c1-10-8-11(17)6-7-12(10)14(19)9-21-16-18-13-4-2-3-5-15(13)20-16/h2-8H,9H2,1H3. The fourth-order valence-corrected chi connectivity index (χ4v) is 3.01. The number of hydrogen-bond acceptors (Lipinski definition) is 4. The van der Waals surface area contributed by atoms with E-state index < -0.39 is 0 Å². The maximum Gasteiger partial charge on any atom is 0.257 e. The van der Waals surface area contributed by atoms with Crippen LogP contribution >= 0.6 is 23.4 Å². The molecule has 0 saturated heterocycles. The maximum absolute atomic E-state index is 12.2. The summed E-state index contributed by atoms with van der Waals surface area (Å²) in [6, 6.07) is 12.8. The number of Topliss-reactive ketones (excluding diaryl/α,β-unsaturated/α-hetero) is 1. The summed E-state index contributed by atoms with van der Waals surface area (Å²) < 4.78 is 5.58. The Labute approximate surface area is 131 Å². The highest BCUT2D eigenvalue weighted by Gasteiger charge is 2.12. The highest BCUT2D eigenvalue weighted by Crippen LogP contribution is 2.24. The van der Waals surface area contributed by atoms with Gasteiger partial charge in [0, 0.05) is 10.6 Å². The minimum atomic E-state index is 0.0384. The number of halogens is 1. The first kappa shape index (κ1) is 14.2. The molecule has 0 N–H and O–H groups in total. The topological polar surface area (TPSA) is 43.1 Å². The molecule has 0 bridgehead atoms. The van der Waals surface area contributed by atoms with Gasteiger partial charge in [0.05, 0.1) is 5.75 Å². The quantitative estimate of drug-likeness (QED) is 0.514. The number of hydrogen-bond donors (Lipinski definition) is 0. The Morgan fingerprint density at radius 1 is 1.29 bits per heavy atom. The minimum absolute atomic E-state index is 0.0384. The summed E-state index contributed by atoms with van der Waals surface area (Å²) in [4.78, 5) is 16.6. The number of rotatable bonds is 4. The van der Waals surface area contributed by atoms with Gasteiger partial charge in [0.2, 0.25) is 0 Å². The molecule has 3 rings (SSSR count). The molecule has 0 unspecified atom stereocenters. The van der Waals surface area contributed by atoms with Gasteiger partial charge < -0.3 is 4.42 Å². The molecule has 1 aromatic heterocycles. The Kier molecular flexibility index (Phi) is 3.99. The molecular weight excluding hydrogens is 306 g/mol. The van der Waals surface area contributed by atoms with E-state index in [0.717, 1.165) is 16.7 Å². The summed E-state index contributed by atoms with van der Waals surface area (Å²) in [6.07, 6.45) is 0. The first-order valence-electron chi connectivity index (χ1n) is 6.41. The van der Waals surface area contributed by atoms with Gasteiger partial charge in [0.1, 0.15) is 5.52 Å². The predicted octanol–water partition coefficient (Wildman–Crippen LogP) is 4.76. The number of carbonyl (C=O) groups excluding carboxylic acids is 1. The zero-order chi connectivity index (χ0) is 14.8. The first-order valence-corrected chi connectivity index (χ1v) is 7.77. The second-order valence-corrected chi connectivity index (χ2v) is 5.98. The van der Waals surface area contributed by atoms with Crippen LogP contribution in [0.2, 0.25) is 5.02 Å². The number of benzene rings is 2. The average Bonchev–Trinajstić information content (AvgIpc) is 2.87. The molecule has 0 saturated carbocycles. The van der Waals surface area contributed by atoms with E-state index >= 15 is 0 Å². The van der Waals surface area contributed by atoms with Crippen LogP contribution in [0.25, 0.3) is 11.1 Å². The number of aryl methyl sites for hydroxylation is 1. The van der Waals surface area contributed by atoms with Crippen LogP contribution in [0, 0.1) is 6.92 Å². The van der Waals surface area contributed by atoms with Crippen molar-refractivity contribution in [3.8, 4) is 0 Å². The van der Waals surface area contributed by atoms with Crippen LogP contribution in [0.5, 0.6) is 0 Å². The Morgan fingerprint density at radius 3 is 2.86 bits per heavy atom. The van der Waals surface area contributed by atoms with Gasteiger partial charge in [0.25, 0.3) is 5.22 Å². The number of carbonyl (C=O) groups is 1. The van der Waals surface area contributed by atoms with E-state index in [1.54, 1.807) is 18.2 Å². The molecule has 0 aliphatic carbocycles. The summed E-state index contributed by atoms with van der Waals surface area (Å²) in [5, 5.41) is 1.15. The van der Waals surface area contributed by atoms with Crippen molar-refractivity contribution in [2.24, 2.45) is 0 Å². The maximum atomic E-state index is 12.2. The van der Waals surface area contributed by atoms with Crippen LogP contribution in [-0.2, 0) is 0 Å².